The number of hydrogen-bond donors (Lipinski definition) is 0. The maximum Gasteiger partial charge on any atom is 1.00 e. The van der Waals surface area contributed by atoms with Crippen molar-refractivity contribution in [1.29, 1.82) is 0 Å². The van der Waals surface area contributed by atoms with Crippen LogP contribution in [0.25, 0.3) is 0 Å². The van der Waals surface area contributed by atoms with Crippen molar-refractivity contribution < 1.29 is 108 Å². The first-order valence-electron chi connectivity index (χ1n) is 0. The molecule has 0 aromatic carbocycles. The molecule has 1 radical (unpaired) electrons. The van der Waals surface area contributed by atoms with E-state index in [4.69, 9.17) is 0 Å². The van der Waals surface area contributed by atoms with Gasteiger partial charge in [0.1, 0.15) is 0 Å². The van der Waals surface area contributed by atoms with Crippen molar-refractivity contribution >= 4 is 0 Å². The zero-order chi connectivity index (χ0) is 0. The molecule has 0 unspecified atom stereocenters. The second-order valence-electron chi connectivity index (χ2n) is 0. The zero-order valence-electron chi connectivity index (χ0n) is 4.30. The molecule has 0 nitrogen and oxygen atoms in total. The fourth-order valence-electron chi connectivity index (χ4n) is 0. The Balaban J connectivity index is 0. The van der Waals surface area contributed by atoms with Crippen molar-refractivity contribution in [2.45, 2.75) is 0 Å². The van der Waals surface area contributed by atoms with Gasteiger partial charge >= 0.3 is 18.9 Å². The minimum Gasteiger partial charge on any atom is -1.00 e. The third-order valence-corrected chi connectivity index (χ3v) is 0. The van der Waals surface area contributed by atoms with Crippen LogP contribution in [0.3, 0.4) is 0 Å². The van der Waals surface area contributed by atoms with Crippen LogP contribution in [-0.4, -0.2) is 0 Å². The fourth-order valence-corrected chi connectivity index (χ4v) is 0. The van der Waals surface area contributed by atoms with E-state index in [0.717, 1.165) is 0 Å². The molecule has 0 aliphatic heterocycles. The molecule has 0 atom stereocenters. The van der Waals surface area contributed by atoms with E-state index in [-0.39, 0.29) is 108 Å². The van der Waals surface area contributed by atoms with Gasteiger partial charge in [-0.1, -0.05) is 0 Å². The van der Waals surface area contributed by atoms with E-state index in [1.807, 2.05) is 0 Å². The van der Waals surface area contributed by atoms with Gasteiger partial charge in [-0.05, 0) is 0 Å². The number of halogens is 3. The third-order valence-electron chi connectivity index (χ3n) is 0. The van der Waals surface area contributed by atoms with Gasteiger partial charge < -0.3 is 1.43 Å². The SMILES string of the molecule is F.F.F.[H-].[Li+].[Nd].[Y]. The van der Waals surface area contributed by atoms with Gasteiger partial charge in [0.05, 0.1) is 0 Å². The van der Waals surface area contributed by atoms with E-state index in [1.54, 1.807) is 0 Å². The Morgan fingerprint density at radius 2 is 0.833 bits per heavy atom. The van der Waals surface area contributed by atoms with Crippen molar-refractivity contribution in [3.05, 3.63) is 0 Å². The van der Waals surface area contributed by atoms with Crippen LogP contribution in [0.2, 0.25) is 0 Å². The molecule has 0 rings (SSSR count). The van der Waals surface area contributed by atoms with Gasteiger partial charge in [-0.25, -0.2) is 0 Å². The topological polar surface area (TPSA) is 0 Å². The van der Waals surface area contributed by atoms with E-state index in [2.05, 4.69) is 0 Å². The van der Waals surface area contributed by atoms with Crippen LogP contribution in [0.1, 0.15) is 1.43 Å². The predicted octanol–water partition coefficient (Wildman–Crippen LogP) is -2.43. The summed E-state index contributed by atoms with van der Waals surface area (Å²) in [6.07, 6.45) is 0. The van der Waals surface area contributed by atoms with Gasteiger partial charge in [0, 0.05) is 73.5 Å². The molecule has 0 bridgehead atoms. The summed E-state index contributed by atoms with van der Waals surface area (Å²) >= 11 is 0. The molecule has 0 aliphatic carbocycles. The summed E-state index contributed by atoms with van der Waals surface area (Å²) in [5.74, 6) is 0. The molecule has 6 heteroatoms. The first-order valence-corrected chi connectivity index (χ1v) is 0. The fraction of sp³-hybridized carbons (Fsp3) is 0. The van der Waals surface area contributed by atoms with Gasteiger partial charge in [0.15, 0.2) is 0 Å². The maximum atomic E-state index is 0. The van der Waals surface area contributed by atoms with Crippen LogP contribution in [0.15, 0.2) is 0 Å². The second-order valence-corrected chi connectivity index (χ2v) is 0. The van der Waals surface area contributed by atoms with Gasteiger partial charge in [-0.2, -0.15) is 0 Å². The molecular weight excluding hydrogens is 297 g/mol. The van der Waals surface area contributed by atoms with Crippen LogP contribution in [0.5, 0.6) is 0 Å². The zero-order valence-corrected chi connectivity index (χ0v) is 9.35. The van der Waals surface area contributed by atoms with Gasteiger partial charge in [-0.15, -0.1) is 0 Å². The smallest absolute Gasteiger partial charge is 1.00 e. The summed E-state index contributed by atoms with van der Waals surface area (Å²) in [5.41, 5.74) is 0. The minimum atomic E-state index is 0. The third kappa shape index (κ3) is 28.9. The monoisotopic (exact) mass is 299 g/mol. The second kappa shape index (κ2) is 45.5. The quantitative estimate of drug-likeness (QED) is 0.437. The molecule has 0 aromatic heterocycles. The number of rotatable bonds is 0. The Kier molecular flexibility index (Phi) is 510. The average molecular weight is 301 g/mol. The molecule has 0 spiro atoms. The van der Waals surface area contributed by atoms with Gasteiger partial charge in [0.25, 0.3) is 0 Å². The maximum absolute atomic E-state index is 0. The van der Waals surface area contributed by atoms with Crippen molar-refractivity contribution in [1.82, 2.24) is 0 Å². The van der Waals surface area contributed by atoms with Crippen LogP contribution in [0.4, 0.5) is 14.1 Å². The molecule has 0 heterocycles. The summed E-state index contributed by atoms with van der Waals surface area (Å²) in [6, 6.07) is 0. The van der Waals surface area contributed by atoms with Crippen LogP contribution >= 0.6 is 0 Å². The van der Waals surface area contributed by atoms with E-state index < -0.39 is 0 Å². The molecule has 0 amide bonds. The molecule has 0 fully saturated rings. The Bertz CT molecular complexity index is 14.9. The van der Waals surface area contributed by atoms with E-state index in [0.29, 0.717) is 0 Å². The van der Waals surface area contributed by atoms with Crippen molar-refractivity contribution in [3.63, 3.8) is 0 Å². The summed E-state index contributed by atoms with van der Waals surface area (Å²) in [7, 11) is 0. The van der Waals surface area contributed by atoms with Crippen molar-refractivity contribution in [2.75, 3.05) is 0 Å². The summed E-state index contributed by atoms with van der Waals surface area (Å²) < 4.78 is 0. The van der Waals surface area contributed by atoms with Crippen molar-refractivity contribution in [3.8, 4) is 0 Å². The number of hydrogen-bond acceptors (Lipinski definition) is 0. The van der Waals surface area contributed by atoms with Gasteiger partial charge in [-0.3, -0.25) is 14.1 Å². The van der Waals surface area contributed by atoms with Crippen LogP contribution in [-0.2, 0) is 32.7 Å². The van der Waals surface area contributed by atoms with E-state index >= 15 is 0 Å². The molecule has 33 valence electrons. The Morgan fingerprint density at radius 3 is 0.833 bits per heavy atom. The van der Waals surface area contributed by atoms with Crippen molar-refractivity contribution in [2.24, 2.45) is 0 Å². The first-order chi connectivity index (χ1) is 0. The summed E-state index contributed by atoms with van der Waals surface area (Å²) in [4.78, 5) is 0. The van der Waals surface area contributed by atoms with Crippen LogP contribution in [0, 0.1) is 40.8 Å². The van der Waals surface area contributed by atoms with Gasteiger partial charge in [0.2, 0.25) is 0 Å². The normalized spacial score (nSPS) is 0. The molecule has 0 N–H and O–H groups in total. The largest absolute Gasteiger partial charge is 1.00 e. The Morgan fingerprint density at radius 1 is 0.833 bits per heavy atom. The summed E-state index contributed by atoms with van der Waals surface area (Å²) in [5, 5.41) is 0. The minimum absolute atomic E-state index is 0. The molecule has 0 saturated heterocycles. The van der Waals surface area contributed by atoms with E-state index in [1.165, 1.54) is 0 Å². The molecule has 0 saturated carbocycles. The average Bonchev–Trinajstić information content (AvgIpc) is 0. The van der Waals surface area contributed by atoms with E-state index in [9.17, 15) is 0 Å². The molecule has 0 aliphatic rings. The Hall–Kier alpha value is 2.84. The molecular formula is H4F3LiNdY. The summed E-state index contributed by atoms with van der Waals surface area (Å²) in [6.45, 7) is 0. The molecule has 6 heavy (non-hydrogen) atoms. The molecule has 0 aromatic rings. The van der Waals surface area contributed by atoms with Crippen LogP contribution < -0.4 is 18.9 Å². The standard InChI is InChI=1S/3FH.Li.Nd.Y.H/h3*1H;;;;/q;;;+1;;;-1. The first kappa shape index (κ1) is 67.3. The Labute approximate surface area is 106 Å². The predicted molar refractivity (Wildman–Crippen MR) is 8.62 cm³/mol.